The van der Waals surface area contributed by atoms with Crippen molar-refractivity contribution in [1.29, 1.82) is 0 Å². The number of alkyl halides is 3. The zero-order valence-corrected chi connectivity index (χ0v) is 17.6. The standard InChI is InChI=1S/C22H24F3N5O2/c1-16-11-18(14-20(12-16)32-10-7-29-5-8-31-9-6-29)27-21-26-15-30(28-21)19-4-2-3-17(13-19)22(23,24)25/h2-4,11-15H,5-10H2,1H3,(H,27,28). The van der Waals surface area contributed by atoms with Crippen LogP contribution in [0.2, 0.25) is 0 Å². The molecule has 1 saturated heterocycles. The Labute approximate surface area is 183 Å². The van der Waals surface area contributed by atoms with Crippen LogP contribution in [0.4, 0.5) is 24.8 Å². The topological polar surface area (TPSA) is 64.4 Å². The fourth-order valence-corrected chi connectivity index (χ4v) is 3.42. The molecule has 0 saturated carbocycles. The Hall–Kier alpha value is -3.11. The van der Waals surface area contributed by atoms with Gasteiger partial charge in [-0.25, -0.2) is 4.68 Å². The van der Waals surface area contributed by atoms with Gasteiger partial charge in [0, 0.05) is 31.4 Å². The number of halogens is 3. The molecule has 0 spiro atoms. The number of aromatic nitrogens is 3. The lowest BCUT2D eigenvalue weighted by molar-refractivity contribution is -0.137. The smallest absolute Gasteiger partial charge is 0.416 e. The minimum atomic E-state index is -4.42. The fraction of sp³-hybridized carbons (Fsp3) is 0.364. The van der Waals surface area contributed by atoms with Gasteiger partial charge in [0.25, 0.3) is 0 Å². The van der Waals surface area contributed by atoms with Crippen LogP contribution in [0.5, 0.6) is 5.75 Å². The van der Waals surface area contributed by atoms with E-state index in [2.05, 4.69) is 20.3 Å². The molecule has 0 bridgehead atoms. The van der Waals surface area contributed by atoms with Crippen molar-refractivity contribution in [2.45, 2.75) is 13.1 Å². The number of rotatable bonds is 7. The SMILES string of the molecule is Cc1cc(Nc2ncn(-c3cccc(C(F)(F)F)c3)n2)cc(OCCN2CCOCC2)c1. The predicted octanol–water partition coefficient (Wildman–Crippen LogP) is 4.05. The highest BCUT2D eigenvalue weighted by Crippen LogP contribution is 2.30. The van der Waals surface area contributed by atoms with Crippen LogP contribution in [0.25, 0.3) is 5.69 Å². The summed E-state index contributed by atoms with van der Waals surface area (Å²) in [6.07, 6.45) is -3.05. The number of hydrogen-bond donors (Lipinski definition) is 1. The molecular weight excluding hydrogens is 423 g/mol. The van der Waals surface area contributed by atoms with Crippen molar-refractivity contribution < 1.29 is 22.6 Å². The maximum absolute atomic E-state index is 13.0. The van der Waals surface area contributed by atoms with Crippen LogP contribution in [0.3, 0.4) is 0 Å². The summed E-state index contributed by atoms with van der Waals surface area (Å²) in [5.74, 6) is 0.991. The van der Waals surface area contributed by atoms with Gasteiger partial charge in [-0.2, -0.15) is 18.2 Å². The van der Waals surface area contributed by atoms with E-state index in [9.17, 15) is 13.2 Å². The largest absolute Gasteiger partial charge is 0.492 e. The number of hydrogen-bond acceptors (Lipinski definition) is 6. The van der Waals surface area contributed by atoms with Gasteiger partial charge in [0.05, 0.1) is 24.5 Å². The van der Waals surface area contributed by atoms with Gasteiger partial charge in [0.1, 0.15) is 18.7 Å². The third kappa shape index (κ3) is 5.77. The van der Waals surface area contributed by atoms with Crippen LogP contribution in [0, 0.1) is 6.92 Å². The summed E-state index contributed by atoms with van der Waals surface area (Å²) < 4.78 is 51.5. The summed E-state index contributed by atoms with van der Waals surface area (Å²) in [6, 6.07) is 10.6. The van der Waals surface area contributed by atoms with Gasteiger partial charge < -0.3 is 14.8 Å². The predicted molar refractivity (Wildman–Crippen MR) is 114 cm³/mol. The first kappa shape index (κ1) is 22.1. The molecule has 0 aliphatic carbocycles. The van der Waals surface area contributed by atoms with E-state index in [0.717, 1.165) is 62.0 Å². The van der Waals surface area contributed by atoms with Crippen molar-refractivity contribution in [3.8, 4) is 11.4 Å². The van der Waals surface area contributed by atoms with Crippen LogP contribution in [0.1, 0.15) is 11.1 Å². The van der Waals surface area contributed by atoms with Crippen molar-refractivity contribution in [2.75, 3.05) is 44.8 Å². The molecule has 0 radical (unpaired) electrons. The molecule has 0 atom stereocenters. The van der Waals surface area contributed by atoms with Crippen molar-refractivity contribution in [3.63, 3.8) is 0 Å². The Morgan fingerprint density at radius 2 is 1.94 bits per heavy atom. The molecule has 170 valence electrons. The van der Waals surface area contributed by atoms with E-state index in [4.69, 9.17) is 9.47 Å². The van der Waals surface area contributed by atoms with Gasteiger partial charge in [0.2, 0.25) is 5.95 Å². The number of nitrogens with one attached hydrogen (secondary N) is 1. The van der Waals surface area contributed by atoms with Crippen molar-refractivity contribution in [3.05, 3.63) is 59.9 Å². The molecule has 10 heteroatoms. The van der Waals surface area contributed by atoms with Gasteiger partial charge in [-0.05, 0) is 42.8 Å². The molecule has 2 aromatic carbocycles. The minimum Gasteiger partial charge on any atom is -0.492 e. The third-order valence-electron chi connectivity index (χ3n) is 5.02. The van der Waals surface area contributed by atoms with Crippen molar-refractivity contribution >= 4 is 11.6 Å². The average Bonchev–Trinajstić information content (AvgIpc) is 3.22. The van der Waals surface area contributed by atoms with Gasteiger partial charge in [-0.1, -0.05) is 6.07 Å². The van der Waals surface area contributed by atoms with Crippen LogP contribution in [0.15, 0.2) is 48.8 Å². The van der Waals surface area contributed by atoms with Crippen molar-refractivity contribution in [1.82, 2.24) is 19.7 Å². The molecule has 1 aliphatic rings. The highest BCUT2D eigenvalue weighted by atomic mass is 19.4. The third-order valence-corrected chi connectivity index (χ3v) is 5.02. The second-order valence-electron chi connectivity index (χ2n) is 7.52. The zero-order chi connectivity index (χ0) is 22.6. The normalized spacial score (nSPS) is 15.0. The van der Waals surface area contributed by atoms with E-state index in [-0.39, 0.29) is 11.6 Å². The number of morpholine rings is 1. The number of ether oxygens (including phenoxy) is 2. The quantitative estimate of drug-likeness (QED) is 0.590. The Morgan fingerprint density at radius 3 is 2.72 bits per heavy atom. The fourth-order valence-electron chi connectivity index (χ4n) is 3.42. The number of aryl methyl sites for hydroxylation is 1. The molecule has 1 aromatic heterocycles. The summed E-state index contributed by atoms with van der Waals surface area (Å²) in [5, 5.41) is 7.34. The molecule has 0 amide bonds. The molecular formula is C22H24F3N5O2. The summed E-state index contributed by atoms with van der Waals surface area (Å²) in [6.45, 7) is 6.65. The lowest BCUT2D eigenvalue weighted by atomic mass is 10.2. The molecule has 1 N–H and O–H groups in total. The van der Waals surface area contributed by atoms with Crippen LogP contribution < -0.4 is 10.1 Å². The second-order valence-corrected chi connectivity index (χ2v) is 7.52. The molecule has 7 nitrogen and oxygen atoms in total. The monoisotopic (exact) mass is 447 g/mol. The molecule has 3 aromatic rings. The Bertz CT molecular complexity index is 1050. The minimum absolute atomic E-state index is 0.271. The summed E-state index contributed by atoms with van der Waals surface area (Å²) >= 11 is 0. The number of benzene rings is 2. The lowest BCUT2D eigenvalue weighted by Crippen LogP contribution is -2.38. The first-order valence-corrected chi connectivity index (χ1v) is 10.3. The number of anilines is 2. The van der Waals surface area contributed by atoms with Crippen LogP contribution >= 0.6 is 0 Å². The summed E-state index contributed by atoms with van der Waals surface area (Å²) in [4.78, 5) is 6.46. The lowest BCUT2D eigenvalue weighted by Gasteiger charge is -2.26. The van der Waals surface area contributed by atoms with Gasteiger partial charge >= 0.3 is 6.18 Å². The maximum atomic E-state index is 13.0. The average molecular weight is 447 g/mol. The maximum Gasteiger partial charge on any atom is 0.416 e. The summed E-state index contributed by atoms with van der Waals surface area (Å²) in [7, 11) is 0. The number of nitrogens with zero attached hydrogens (tertiary/aromatic N) is 4. The highest BCUT2D eigenvalue weighted by Gasteiger charge is 2.30. The molecule has 1 aliphatic heterocycles. The van der Waals surface area contributed by atoms with E-state index in [1.807, 2.05) is 25.1 Å². The first-order valence-electron chi connectivity index (χ1n) is 10.3. The Kier molecular flexibility index (Phi) is 6.61. The summed E-state index contributed by atoms with van der Waals surface area (Å²) in [5.41, 5.74) is 1.26. The first-order chi connectivity index (χ1) is 15.4. The molecule has 4 rings (SSSR count). The Morgan fingerprint density at radius 1 is 1.12 bits per heavy atom. The van der Waals surface area contributed by atoms with Crippen LogP contribution in [-0.4, -0.2) is 59.1 Å². The molecule has 32 heavy (non-hydrogen) atoms. The zero-order valence-electron chi connectivity index (χ0n) is 17.6. The highest BCUT2D eigenvalue weighted by molar-refractivity contribution is 5.57. The van der Waals surface area contributed by atoms with E-state index in [1.54, 1.807) is 6.07 Å². The van der Waals surface area contributed by atoms with E-state index >= 15 is 0 Å². The van der Waals surface area contributed by atoms with E-state index in [1.165, 1.54) is 17.1 Å². The van der Waals surface area contributed by atoms with Gasteiger partial charge in [-0.3, -0.25) is 4.90 Å². The second kappa shape index (κ2) is 9.58. The van der Waals surface area contributed by atoms with Crippen LogP contribution in [-0.2, 0) is 10.9 Å². The Balaban J connectivity index is 1.41. The van der Waals surface area contributed by atoms with Crippen molar-refractivity contribution in [2.24, 2.45) is 0 Å². The molecule has 2 heterocycles. The molecule has 1 fully saturated rings. The van der Waals surface area contributed by atoms with Gasteiger partial charge in [-0.15, -0.1) is 5.10 Å². The van der Waals surface area contributed by atoms with E-state index < -0.39 is 11.7 Å². The molecule has 0 unspecified atom stereocenters. The van der Waals surface area contributed by atoms with Gasteiger partial charge in [0.15, 0.2) is 0 Å². The van der Waals surface area contributed by atoms with E-state index in [0.29, 0.717) is 6.61 Å².